The molecule has 0 spiro atoms. The number of methoxy groups -OCH3 is 1. The Morgan fingerprint density at radius 3 is 2.52 bits per heavy atom. The topological polar surface area (TPSA) is 47.4 Å². The van der Waals surface area contributed by atoms with Gasteiger partial charge in [0.2, 0.25) is 5.78 Å². The second-order valence-corrected chi connectivity index (χ2v) is 5.59. The summed E-state index contributed by atoms with van der Waals surface area (Å²) in [7, 11) is 1.62. The van der Waals surface area contributed by atoms with Crippen LogP contribution < -0.4 is 0 Å². The highest BCUT2D eigenvalue weighted by atomic mass is 35.5. The van der Waals surface area contributed by atoms with Crippen LogP contribution in [-0.4, -0.2) is 52.8 Å². The maximum Gasteiger partial charge on any atom is 0.202 e. The first kappa shape index (κ1) is 18.1. The molecule has 0 radical (unpaired) electrons. The van der Waals surface area contributed by atoms with Crippen LogP contribution in [0, 0.1) is 0 Å². The van der Waals surface area contributed by atoms with E-state index in [1.54, 1.807) is 11.8 Å². The lowest BCUT2D eigenvalue weighted by Crippen LogP contribution is -2.52. The lowest BCUT2D eigenvalue weighted by atomic mass is 9.88. The van der Waals surface area contributed by atoms with Gasteiger partial charge >= 0.3 is 0 Å². The van der Waals surface area contributed by atoms with Crippen molar-refractivity contribution in [1.82, 2.24) is 14.7 Å². The Labute approximate surface area is 132 Å². The van der Waals surface area contributed by atoms with Gasteiger partial charge in [-0.3, -0.25) is 14.4 Å². The molecule has 21 heavy (non-hydrogen) atoms. The van der Waals surface area contributed by atoms with Gasteiger partial charge in [0.25, 0.3) is 0 Å². The van der Waals surface area contributed by atoms with Crippen molar-refractivity contribution < 1.29 is 9.53 Å². The van der Waals surface area contributed by atoms with Crippen molar-refractivity contribution in [3.8, 4) is 0 Å². The highest BCUT2D eigenvalue weighted by Crippen LogP contribution is 2.28. The van der Waals surface area contributed by atoms with E-state index < -0.39 is 5.54 Å². The largest absolute Gasteiger partial charge is 0.383 e. The van der Waals surface area contributed by atoms with Crippen LogP contribution in [0.5, 0.6) is 0 Å². The number of nitrogens with zero attached hydrogens (tertiary/aromatic N) is 3. The van der Waals surface area contributed by atoms with Crippen LogP contribution in [0.4, 0.5) is 0 Å². The molecule has 120 valence electrons. The summed E-state index contributed by atoms with van der Waals surface area (Å²) in [5.41, 5.74) is -0.0946. The van der Waals surface area contributed by atoms with Crippen LogP contribution in [0.1, 0.15) is 44.6 Å². The minimum atomic E-state index is -0.571. The number of carbonyl (C=O) groups is 1. The van der Waals surface area contributed by atoms with Crippen LogP contribution in [0.25, 0.3) is 0 Å². The minimum Gasteiger partial charge on any atom is -0.383 e. The zero-order chi connectivity index (χ0) is 16.0. The third-order valence-electron chi connectivity index (χ3n) is 4.16. The van der Waals surface area contributed by atoms with Crippen LogP contribution in [0.3, 0.4) is 0 Å². The number of halogens is 1. The van der Waals surface area contributed by atoms with E-state index in [-0.39, 0.29) is 5.78 Å². The molecule has 0 aromatic carbocycles. The second-order valence-electron chi connectivity index (χ2n) is 5.19. The number of hydrogen-bond acceptors (Lipinski definition) is 4. The summed E-state index contributed by atoms with van der Waals surface area (Å²) >= 11 is 6.21. The van der Waals surface area contributed by atoms with Crippen LogP contribution >= 0.6 is 11.6 Å². The van der Waals surface area contributed by atoms with Crippen molar-refractivity contribution in [1.29, 1.82) is 0 Å². The molecule has 0 aliphatic heterocycles. The Morgan fingerprint density at radius 2 is 2.05 bits per heavy atom. The average Bonchev–Trinajstić information content (AvgIpc) is 2.85. The first-order chi connectivity index (χ1) is 9.96. The minimum absolute atomic E-state index is 0.0207. The summed E-state index contributed by atoms with van der Waals surface area (Å²) in [6, 6.07) is 0. The predicted molar refractivity (Wildman–Crippen MR) is 85.1 cm³/mol. The monoisotopic (exact) mass is 315 g/mol. The molecule has 0 saturated carbocycles. The number of ketones is 1. The standard InChI is InChI=1S/C15H26ClN3O2/c1-6-15(4,18(7-2)8-3)14(20)13-12(16)11-17-19(13)9-10-21-5/h11H,6-10H2,1-5H3. The molecule has 0 amide bonds. The van der Waals surface area contributed by atoms with E-state index in [4.69, 9.17) is 16.3 Å². The molecule has 0 aliphatic carbocycles. The van der Waals surface area contributed by atoms with E-state index >= 15 is 0 Å². The lowest BCUT2D eigenvalue weighted by molar-refractivity contribution is 0.0593. The first-order valence-electron chi connectivity index (χ1n) is 7.46. The fourth-order valence-electron chi connectivity index (χ4n) is 2.64. The SMILES string of the molecule is CCN(CC)C(C)(CC)C(=O)c1c(Cl)cnn1CCOC. The van der Waals surface area contributed by atoms with E-state index in [9.17, 15) is 4.79 Å². The number of ether oxygens (including phenoxy) is 1. The summed E-state index contributed by atoms with van der Waals surface area (Å²) in [4.78, 5) is 15.3. The molecule has 0 fully saturated rings. The van der Waals surface area contributed by atoms with Crippen LogP contribution in [-0.2, 0) is 11.3 Å². The first-order valence-corrected chi connectivity index (χ1v) is 7.84. The number of hydrogen-bond donors (Lipinski definition) is 0. The summed E-state index contributed by atoms with van der Waals surface area (Å²) in [6.45, 7) is 10.8. The summed E-state index contributed by atoms with van der Waals surface area (Å²) in [6.07, 6.45) is 2.25. The highest BCUT2D eigenvalue weighted by molar-refractivity contribution is 6.34. The third-order valence-corrected chi connectivity index (χ3v) is 4.43. The third kappa shape index (κ3) is 3.65. The molecular formula is C15H26ClN3O2. The molecular weight excluding hydrogens is 290 g/mol. The van der Waals surface area contributed by atoms with Gasteiger partial charge < -0.3 is 4.74 Å². The molecule has 0 saturated heterocycles. The molecule has 1 aromatic rings. The maximum absolute atomic E-state index is 13.1. The zero-order valence-electron chi connectivity index (χ0n) is 13.6. The number of rotatable bonds is 9. The molecule has 1 unspecified atom stereocenters. The van der Waals surface area contributed by atoms with Gasteiger partial charge in [-0.25, -0.2) is 0 Å². The fraction of sp³-hybridized carbons (Fsp3) is 0.733. The predicted octanol–water partition coefficient (Wildman–Crippen LogP) is 2.88. The van der Waals surface area contributed by atoms with Crippen LogP contribution in [0.15, 0.2) is 6.20 Å². The number of likely N-dealkylation sites (N-methyl/N-ethyl adjacent to an activating group) is 1. The summed E-state index contributed by atoms with van der Waals surface area (Å²) in [5.74, 6) is 0.0207. The Kier molecular flexibility index (Phi) is 6.84. The molecule has 1 heterocycles. The Balaban J connectivity index is 3.19. The molecule has 1 rings (SSSR count). The average molecular weight is 316 g/mol. The van der Waals surface area contributed by atoms with E-state index in [2.05, 4.69) is 23.8 Å². The fourth-order valence-corrected chi connectivity index (χ4v) is 2.87. The van der Waals surface area contributed by atoms with Gasteiger partial charge in [-0.05, 0) is 26.4 Å². The van der Waals surface area contributed by atoms with E-state index in [0.717, 1.165) is 19.5 Å². The number of carbonyl (C=O) groups excluding carboxylic acids is 1. The Bertz CT molecular complexity index is 471. The van der Waals surface area contributed by atoms with Gasteiger partial charge in [-0.1, -0.05) is 32.4 Å². The molecule has 0 aliphatic rings. The molecule has 0 N–H and O–H groups in total. The van der Waals surface area contributed by atoms with Gasteiger partial charge in [0, 0.05) is 7.11 Å². The van der Waals surface area contributed by atoms with Crippen molar-refractivity contribution in [3.05, 3.63) is 16.9 Å². The Morgan fingerprint density at radius 1 is 1.43 bits per heavy atom. The zero-order valence-corrected chi connectivity index (χ0v) is 14.4. The molecule has 6 heteroatoms. The van der Waals surface area contributed by atoms with E-state index in [1.807, 2.05) is 13.8 Å². The molecule has 1 atom stereocenters. The number of aromatic nitrogens is 2. The molecule has 1 aromatic heterocycles. The van der Waals surface area contributed by atoms with Crippen molar-refractivity contribution in [3.63, 3.8) is 0 Å². The smallest absolute Gasteiger partial charge is 0.202 e. The lowest BCUT2D eigenvalue weighted by Gasteiger charge is -2.38. The van der Waals surface area contributed by atoms with Gasteiger partial charge in [0.05, 0.1) is 29.9 Å². The Hall–Kier alpha value is -0.910. The van der Waals surface area contributed by atoms with Crippen molar-refractivity contribution in [2.45, 2.75) is 46.2 Å². The normalized spacial score (nSPS) is 14.4. The van der Waals surface area contributed by atoms with Gasteiger partial charge in [0.15, 0.2) is 0 Å². The van der Waals surface area contributed by atoms with Crippen LogP contribution in [0.2, 0.25) is 5.02 Å². The van der Waals surface area contributed by atoms with Gasteiger partial charge in [-0.2, -0.15) is 5.10 Å². The summed E-state index contributed by atoms with van der Waals surface area (Å²) < 4.78 is 6.71. The van der Waals surface area contributed by atoms with Crippen molar-refractivity contribution in [2.24, 2.45) is 0 Å². The highest BCUT2D eigenvalue weighted by Gasteiger charge is 2.39. The molecule has 5 nitrogen and oxygen atoms in total. The maximum atomic E-state index is 13.1. The second kappa shape index (κ2) is 7.92. The summed E-state index contributed by atoms with van der Waals surface area (Å²) in [5, 5.41) is 4.60. The van der Waals surface area contributed by atoms with Crippen molar-refractivity contribution in [2.75, 3.05) is 26.8 Å². The van der Waals surface area contributed by atoms with E-state index in [1.165, 1.54) is 6.20 Å². The molecule has 0 bridgehead atoms. The van der Waals surface area contributed by atoms with E-state index in [0.29, 0.717) is 23.9 Å². The van der Waals surface area contributed by atoms with Gasteiger partial charge in [-0.15, -0.1) is 0 Å². The van der Waals surface area contributed by atoms with Crippen molar-refractivity contribution >= 4 is 17.4 Å². The van der Waals surface area contributed by atoms with Gasteiger partial charge in [0.1, 0.15) is 5.69 Å². The quantitative estimate of drug-likeness (QED) is 0.657. The number of Topliss-reactive ketones (excluding diaryl/α,β-unsaturated/α-hetero) is 1.